The normalized spacial score (nSPS) is 12.2. The molecule has 1 heterocycles. The van der Waals surface area contributed by atoms with Crippen LogP contribution >= 0.6 is 0 Å². The van der Waals surface area contributed by atoms with Crippen molar-refractivity contribution in [2.24, 2.45) is 7.05 Å². The van der Waals surface area contributed by atoms with E-state index in [1.54, 1.807) is 7.11 Å². The van der Waals surface area contributed by atoms with Crippen LogP contribution in [-0.2, 0) is 13.6 Å². The first kappa shape index (κ1) is 18.3. The summed E-state index contributed by atoms with van der Waals surface area (Å²) >= 11 is 0. The standard InChI is InChI=1S/C24H25N3O/c1-17(19-7-5-4-6-8-19)25-15-18-9-12-24(28-3)22(13-18)20-10-11-23-21(14-20)16-26-27(23)2/h4-14,16-17,25H,15H2,1-3H3/t17-/m1/s1. The molecule has 1 atom stereocenters. The monoisotopic (exact) mass is 371 g/mol. The van der Waals surface area contributed by atoms with Gasteiger partial charge in [0.05, 0.1) is 18.8 Å². The maximum absolute atomic E-state index is 5.63. The number of rotatable bonds is 6. The molecule has 4 aromatic rings. The molecule has 4 rings (SSSR count). The van der Waals surface area contributed by atoms with Gasteiger partial charge in [-0.25, -0.2) is 0 Å². The second-order valence-electron chi connectivity index (χ2n) is 7.09. The summed E-state index contributed by atoms with van der Waals surface area (Å²) in [6.45, 7) is 2.98. The van der Waals surface area contributed by atoms with E-state index < -0.39 is 0 Å². The minimum Gasteiger partial charge on any atom is -0.496 e. The minimum absolute atomic E-state index is 0.290. The zero-order chi connectivity index (χ0) is 19.5. The third kappa shape index (κ3) is 3.64. The van der Waals surface area contributed by atoms with E-state index in [9.17, 15) is 0 Å². The van der Waals surface area contributed by atoms with Crippen molar-refractivity contribution in [2.45, 2.75) is 19.5 Å². The average molecular weight is 371 g/mol. The molecule has 0 amide bonds. The zero-order valence-corrected chi connectivity index (χ0v) is 16.5. The van der Waals surface area contributed by atoms with Crippen molar-refractivity contribution >= 4 is 10.9 Å². The van der Waals surface area contributed by atoms with Crippen LogP contribution in [-0.4, -0.2) is 16.9 Å². The highest BCUT2D eigenvalue weighted by molar-refractivity contribution is 5.86. The largest absolute Gasteiger partial charge is 0.496 e. The number of hydrogen-bond donors (Lipinski definition) is 1. The highest BCUT2D eigenvalue weighted by Crippen LogP contribution is 2.33. The fourth-order valence-electron chi connectivity index (χ4n) is 3.55. The van der Waals surface area contributed by atoms with Crippen LogP contribution in [0.2, 0.25) is 0 Å². The van der Waals surface area contributed by atoms with Crippen molar-refractivity contribution in [3.8, 4) is 16.9 Å². The van der Waals surface area contributed by atoms with Crippen LogP contribution in [0.25, 0.3) is 22.0 Å². The molecule has 0 bridgehead atoms. The van der Waals surface area contributed by atoms with Crippen LogP contribution in [0.5, 0.6) is 5.75 Å². The van der Waals surface area contributed by atoms with Crippen molar-refractivity contribution in [1.82, 2.24) is 15.1 Å². The first-order chi connectivity index (χ1) is 13.7. The molecule has 0 saturated carbocycles. The smallest absolute Gasteiger partial charge is 0.126 e. The molecule has 0 saturated heterocycles. The lowest BCUT2D eigenvalue weighted by Crippen LogP contribution is -2.18. The van der Waals surface area contributed by atoms with Crippen LogP contribution in [0.4, 0.5) is 0 Å². The van der Waals surface area contributed by atoms with Gasteiger partial charge in [-0.2, -0.15) is 5.10 Å². The third-order valence-electron chi connectivity index (χ3n) is 5.23. The Morgan fingerprint density at radius 2 is 1.86 bits per heavy atom. The Labute approximate surface area is 165 Å². The number of benzene rings is 3. The highest BCUT2D eigenvalue weighted by Gasteiger charge is 2.10. The number of fused-ring (bicyclic) bond motifs is 1. The summed E-state index contributed by atoms with van der Waals surface area (Å²) in [5.41, 5.74) is 5.87. The Morgan fingerprint density at radius 3 is 2.64 bits per heavy atom. The van der Waals surface area contributed by atoms with E-state index in [2.05, 4.69) is 71.9 Å². The lowest BCUT2D eigenvalue weighted by molar-refractivity contribution is 0.416. The van der Waals surface area contributed by atoms with Crippen molar-refractivity contribution in [2.75, 3.05) is 7.11 Å². The molecular formula is C24H25N3O. The van der Waals surface area contributed by atoms with Gasteiger partial charge in [-0.1, -0.05) is 42.5 Å². The van der Waals surface area contributed by atoms with E-state index in [1.165, 1.54) is 11.1 Å². The average Bonchev–Trinajstić information content (AvgIpc) is 3.12. The summed E-state index contributed by atoms with van der Waals surface area (Å²) in [7, 11) is 3.68. The van der Waals surface area contributed by atoms with Gasteiger partial charge in [0.25, 0.3) is 0 Å². The topological polar surface area (TPSA) is 39.1 Å². The molecule has 0 aliphatic heterocycles. The quantitative estimate of drug-likeness (QED) is 0.512. The first-order valence-corrected chi connectivity index (χ1v) is 9.53. The minimum atomic E-state index is 0.290. The number of ether oxygens (including phenoxy) is 1. The number of aromatic nitrogens is 2. The van der Waals surface area contributed by atoms with Crippen molar-refractivity contribution < 1.29 is 4.74 Å². The van der Waals surface area contributed by atoms with E-state index in [1.807, 2.05) is 30.1 Å². The van der Waals surface area contributed by atoms with Gasteiger partial charge < -0.3 is 10.1 Å². The maximum atomic E-state index is 5.63. The molecule has 28 heavy (non-hydrogen) atoms. The van der Waals surface area contributed by atoms with Gasteiger partial charge in [0, 0.05) is 30.6 Å². The van der Waals surface area contributed by atoms with Crippen molar-refractivity contribution in [3.05, 3.63) is 84.1 Å². The molecule has 3 aromatic carbocycles. The molecule has 0 aliphatic rings. The predicted molar refractivity (Wildman–Crippen MR) is 114 cm³/mol. The van der Waals surface area contributed by atoms with Gasteiger partial charge in [-0.3, -0.25) is 4.68 Å². The second-order valence-corrected chi connectivity index (χ2v) is 7.09. The molecule has 1 N–H and O–H groups in total. The van der Waals surface area contributed by atoms with Gasteiger partial charge >= 0.3 is 0 Å². The van der Waals surface area contributed by atoms with Crippen LogP contribution in [0.1, 0.15) is 24.1 Å². The predicted octanol–water partition coefficient (Wildman–Crippen LogP) is 5.10. The Morgan fingerprint density at radius 1 is 1.04 bits per heavy atom. The van der Waals surface area contributed by atoms with E-state index in [4.69, 9.17) is 4.74 Å². The van der Waals surface area contributed by atoms with Crippen molar-refractivity contribution in [3.63, 3.8) is 0 Å². The summed E-state index contributed by atoms with van der Waals surface area (Å²) in [5.74, 6) is 0.878. The molecule has 0 aliphatic carbocycles. The number of methoxy groups -OCH3 is 1. The van der Waals surface area contributed by atoms with Gasteiger partial charge in [0.1, 0.15) is 5.75 Å². The SMILES string of the molecule is COc1ccc(CN[C@H](C)c2ccccc2)cc1-c1ccc2c(cnn2C)c1. The fraction of sp³-hybridized carbons (Fsp3) is 0.208. The van der Waals surface area contributed by atoms with Gasteiger partial charge in [0.15, 0.2) is 0 Å². The van der Waals surface area contributed by atoms with Crippen LogP contribution in [0.3, 0.4) is 0 Å². The van der Waals surface area contributed by atoms with E-state index >= 15 is 0 Å². The maximum Gasteiger partial charge on any atom is 0.126 e. The summed E-state index contributed by atoms with van der Waals surface area (Å²) in [5, 5.41) is 9.08. The Bertz CT molecular complexity index is 1090. The zero-order valence-electron chi connectivity index (χ0n) is 16.5. The highest BCUT2D eigenvalue weighted by atomic mass is 16.5. The Kier molecular flexibility index (Phi) is 5.13. The molecule has 0 unspecified atom stereocenters. The Hall–Kier alpha value is -3.11. The molecular weight excluding hydrogens is 346 g/mol. The van der Waals surface area contributed by atoms with Gasteiger partial charge in [-0.15, -0.1) is 0 Å². The first-order valence-electron chi connectivity index (χ1n) is 9.53. The van der Waals surface area contributed by atoms with E-state index in [-0.39, 0.29) is 0 Å². The molecule has 4 nitrogen and oxygen atoms in total. The van der Waals surface area contributed by atoms with E-state index in [0.29, 0.717) is 6.04 Å². The molecule has 1 aromatic heterocycles. The molecule has 0 spiro atoms. The summed E-state index contributed by atoms with van der Waals surface area (Å²) < 4.78 is 7.52. The molecule has 142 valence electrons. The number of nitrogens with zero attached hydrogens (tertiary/aromatic N) is 2. The second kappa shape index (κ2) is 7.87. The fourth-order valence-corrected chi connectivity index (χ4v) is 3.55. The van der Waals surface area contributed by atoms with Crippen LogP contribution < -0.4 is 10.1 Å². The number of nitrogens with one attached hydrogen (secondary N) is 1. The van der Waals surface area contributed by atoms with Crippen LogP contribution in [0, 0.1) is 0 Å². The molecule has 0 radical (unpaired) electrons. The molecule has 0 fully saturated rings. The van der Waals surface area contributed by atoms with E-state index in [0.717, 1.165) is 34.3 Å². The van der Waals surface area contributed by atoms with Gasteiger partial charge in [-0.05, 0) is 47.9 Å². The van der Waals surface area contributed by atoms with Gasteiger partial charge in [0.2, 0.25) is 0 Å². The summed E-state index contributed by atoms with van der Waals surface area (Å²) in [6, 6.07) is 23.6. The number of aryl methyl sites for hydroxylation is 1. The summed E-state index contributed by atoms with van der Waals surface area (Å²) in [6.07, 6.45) is 1.90. The third-order valence-corrected chi connectivity index (χ3v) is 5.23. The Balaban J connectivity index is 1.60. The van der Waals surface area contributed by atoms with Crippen LogP contribution in [0.15, 0.2) is 72.9 Å². The van der Waals surface area contributed by atoms with Crippen molar-refractivity contribution in [1.29, 1.82) is 0 Å². The number of hydrogen-bond acceptors (Lipinski definition) is 3. The lowest BCUT2D eigenvalue weighted by atomic mass is 10.00. The summed E-state index contributed by atoms with van der Waals surface area (Å²) in [4.78, 5) is 0. The molecule has 4 heteroatoms. The lowest BCUT2D eigenvalue weighted by Gasteiger charge is -2.16.